The van der Waals surface area contributed by atoms with Gasteiger partial charge in [-0.3, -0.25) is 9.69 Å². The number of benzene rings is 2. The van der Waals surface area contributed by atoms with E-state index >= 15 is 0 Å². The van der Waals surface area contributed by atoms with Crippen molar-refractivity contribution in [3.63, 3.8) is 0 Å². The van der Waals surface area contributed by atoms with Crippen LogP contribution >= 0.6 is 0 Å². The number of amides is 1. The first kappa shape index (κ1) is 23.2. The zero-order chi connectivity index (χ0) is 23.4. The third kappa shape index (κ3) is 5.69. The predicted octanol–water partition coefficient (Wildman–Crippen LogP) is 5.14. The van der Waals surface area contributed by atoms with Crippen molar-refractivity contribution >= 4 is 5.91 Å². The van der Waals surface area contributed by atoms with E-state index in [9.17, 15) is 4.79 Å². The molecule has 2 heterocycles. The van der Waals surface area contributed by atoms with Crippen LogP contribution in [0.3, 0.4) is 0 Å². The number of piperidine rings is 1. The Bertz CT molecular complexity index is 1080. The number of likely N-dealkylation sites (tertiary alicyclic amines) is 1. The van der Waals surface area contributed by atoms with Gasteiger partial charge in [0.15, 0.2) is 0 Å². The van der Waals surface area contributed by atoms with Gasteiger partial charge in [-0.2, -0.15) is 4.98 Å². The fraction of sp³-hybridized carbons (Fsp3) is 0.444. The Morgan fingerprint density at radius 3 is 2.48 bits per heavy atom. The average molecular weight is 447 g/mol. The Kier molecular flexibility index (Phi) is 7.23. The summed E-state index contributed by atoms with van der Waals surface area (Å²) in [5, 5.41) is 7.42. The number of carbonyl (C=O) groups is 1. The van der Waals surface area contributed by atoms with Crippen molar-refractivity contribution in [1.82, 2.24) is 20.4 Å². The molecule has 1 aliphatic rings. The van der Waals surface area contributed by atoms with E-state index in [1.165, 1.54) is 22.3 Å². The smallest absolute Gasteiger partial charge is 0.241 e. The Hall–Kier alpha value is -2.99. The molecule has 6 nitrogen and oxygen atoms in total. The lowest BCUT2D eigenvalue weighted by atomic mass is 9.94. The molecule has 0 saturated carbocycles. The van der Waals surface area contributed by atoms with E-state index in [0.717, 1.165) is 37.9 Å². The van der Waals surface area contributed by atoms with Crippen LogP contribution in [0.4, 0.5) is 0 Å². The molecule has 1 aliphatic heterocycles. The molecule has 0 spiro atoms. The third-order valence-electron chi connectivity index (χ3n) is 6.75. The minimum absolute atomic E-state index is 0.0487. The van der Waals surface area contributed by atoms with E-state index in [1.54, 1.807) is 0 Å². The number of carbonyl (C=O) groups excluding carboxylic acids is 1. The summed E-state index contributed by atoms with van der Waals surface area (Å²) >= 11 is 0. The van der Waals surface area contributed by atoms with Crippen molar-refractivity contribution in [2.75, 3.05) is 13.1 Å². The second-order valence-electron chi connectivity index (χ2n) is 9.24. The van der Waals surface area contributed by atoms with Gasteiger partial charge in [-0.05, 0) is 69.8 Å². The topological polar surface area (TPSA) is 71.3 Å². The maximum Gasteiger partial charge on any atom is 0.241 e. The summed E-state index contributed by atoms with van der Waals surface area (Å²) in [6.45, 7) is 10.7. The first-order valence-corrected chi connectivity index (χ1v) is 11.9. The van der Waals surface area contributed by atoms with Gasteiger partial charge >= 0.3 is 0 Å². The van der Waals surface area contributed by atoms with Gasteiger partial charge in [0.25, 0.3) is 0 Å². The van der Waals surface area contributed by atoms with Crippen molar-refractivity contribution in [3.8, 4) is 11.4 Å². The summed E-state index contributed by atoms with van der Waals surface area (Å²) < 4.78 is 5.48. The molecular formula is C27H34N4O2. The molecule has 1 fully saturated rings. The van der Waals surface area contributed by atoms with Crippen molar-refractivity contribution in [1.29, 1.82) is 0 Å². The Morgan fingerprint density at radius 1 is 1.09 bits per heavy atom. The van der Waals surface area contributed by atoms with Crippen molar-refractivity contribution < 1.29 is 9.32 Å². The summed E-state index contributed by atoms with van der Waals surface area (Å²) in [6, 6.07) is 14.6. The summed E-state index contributed by atoms with van der Waals surface area (Å²) in [4.78, 5) is 19.8. The molecule has 2 aromatic carbocycles. The van der Waals surface area contributed by atoms with E-state index in [2.05, 4.69) is 66.3 Å². The molecule has 4 rings (SSSR count). The van der Waals surface area contributed by atoms with Crippen LogP contribution in [-0.4, -0.2) is 34.0 Å². The summed E-state index contributed by atoms with van der Waals surface area (Å²) in [5.41, 5.74) is 5.89. The third-order valence-corrected chi connectivity index (χ3v) is 6.75. The normalized spacial score (nSPS) is 16.0. The lowest BCUT2D eigenvalue weighted by Crippen LogP contribution is -2.41. The molecule has 174 valence electrons. The highest BCUT2D eigenvalue weighted by Crippen LogP contribution is 2.24. The van der Waals surface area contributed by atoms with Gasteiger partial charge < -0.3 is 9.84 Å². The summed E-state index contributed by atoms with van der Waals surface area (Å²) in [7, 11) is 0. The van der Waals surface area contributed by atoms with Crippen LogP contribution in [0.15, 0.2) is 47.0 Å². The number of nitrogens with one attached hydrogen (secondary N) is 1. The zero-order valence-corrected chi connectivity index (χ0v) is 20.1. The fourth-order valence-corrected chi connectivity index (χ4v) is 4.38. The number of aromatic nitrogens is 2. The molecule has 3 aromatic rings. The van der Waals surface area contributed by atoms with E-state index in [1.807, 2.05) is 24.3 Å². The minimum Gasteiger partial charge on any atom is -0.349 e. The van der Waals surface area contributed by atoms with Crippen LogP contribution in [0.5, 0.6) is 0 Å². The van der Waals surface area contributed by atoms with Gasteiger partial charge in [0, 0.05) is 11.5 Å². The molecular weight excluding hydrogens is 412 g/mol. The number of rotatable bonds is 7. The molecule has 6 heteroatoms. The zero-order valence-electron chi connectivity index (χ0n) is 20.1. The van der Waals surface area contributed by atoms with Crippen LogP contribution in [0.25, 0.3) is 11.4 Å². The van der Waals surface area contributed by atoms with Gasteiger partial charge in [-0.25, -0.2) is 0 Å². The predicted molar refractivity (Wildman–Crippen MR) is 130 cm³/mol. The van der Waals surface area contributed by atoms with Crippen molar-refractivity contribution in [3.05, 3.63) is 70.6 Å². The summed E-state index contributed by atoms with van der Waals surface area (Å²) in [5.74, 6) is 1.46. The summed E-state index contributed by atoms with van der Waals surface area (Å²) in [6.07, 6.45) is 2.57. The first-order valence-electron chi connectivity index (χ1n) is 11.9. The number of hydrogen-bond donors (Lipinski definition) is 1. The van der Waals surface area contributed by atoms with Crippen LogP contribution in [0.2, 0.25) is 0 Å². The second kappa shape index (κ2) is 10.3. The van der Waals surface area contributed by atoms with Crippen LogP contribution < -0.4 is 5.32 Å². The van der Waals surface area contributed by atoms with Gasteiger partial charge in [0.2, 0.25) is 17.6 Å². The molecule has 0 bridgehead atoms. The quantitative estimate of drug-likeness (QED) is 0.544. The standard InChI is InChI=1S/C27H34N4O2/c1-5-24(23-11-8-19(3)20(4)16-23)28-27(32)22-12-14-31(15-13-22)17-25-29-26(30-33-25)21-9-6-18(2)7-10-21/h6-11,16,22,24H,5,12-15,17H2,1-4H3,(H,28,32). The second-order valence-corrected chi connectivity index (χ2v) is 9.24. The highest BCUT2D eigenvalue weighted by molar-refractivity contribution is 5.79. The molecule has 1 atom stereocenters. The number of nitrogens with zero attached hydrogens (tertiary/aromatic N) is 3. The molecule has 1 amide bonds. The maximum absolute atomic E-state index is 13.0. The molecule has 1 N–H and O–H groups in total. The minimum atomic E-state index is 0.0487. The van der Waals surface area contributed by atoms with E-state index in [0.29, 0.717) is 18.3 Å². The molecule has 0 radical (unpaired) electrons. The number of hydrogen-bond acceptors (Lipinski definition) is 5. The molecule has 0 aliphatic carbocycles. The Balaban J connectivity index is 1.29. The van der Waals surface area contributed by atoms with E-state index in [4.69, 9.17) is 4.52 Å². The Labute approximate surface area is 196 Å². The van der Waals surface area contributed by atoms with E-state index in [-0.39, 0.29) is 17.9 Å². The van der Waals surface area contributed by atoms with Gasteiger partial charge in [0.05, 0.1) is 12.6 Å². The SMILES string of the molecule is CCC(NC(=O)C1CCN(Cc2nc(-c3ccc(C)cc3)no2)CC1)c1ccc(C)c(C)c1. The number of aryl methyl sites for hydroxylation is 3. The van der Waals surface area contributed by atoms with Gasteiger partial charge in [-0.1, -0.05) is 60.1 Å². The average Bonchev–Trinajstić information content (AvgIpc) is 3.28. The van der Waals surface area contributed by atoms with Crippen LogP contribution in [0.1, 0.15) is 60.4 Å². The highest BCUT2D eigenvalue weighted by atomic mass is 16.5. The molecule has 1 aromatic heterocycles. The molecule has 33 heavy (non-hydrogen) atoms. The van der Waals surface area contributed by atoms with Gasteiger partial charge in [-0.15, -0.1) is 0 Å². The van der Waals surface area contributed by atoms with Gasteiger partial charge in [0.1, 0.15) is 0 Å². The van der Waals surface area contributed by atoms with Crippen LogP contribution in [0, 0.1) is 26.7 Å². The monoisotopic (exact) mass is 446 g/mol. The molecule has 1 unspecified atom stereocenters. The first-order chi connectivity index (χ1) is 15.9. The fourth-order valence-electron chi connectivity index (χ4n) is 4.38. The van der Waals surface area contributed by atoms with Crippen LogP contribution in [-0.2, 0) is 11.3 Å². The van der Waals surface area contributed by atoms with Crippen molar-refractivity contribution in [2.24, 2.45) is 5.92 Å². The highest BCUT2D eigenvalue weighted by Gasteiger charge is 2.27. The van der Waals surface area contributed by atoms with E-state index < -0.39 is 0 Å². The lowest BCUT2D eigenvalue weighted by molar-refractivity contribution is -0.127. The Morgan fingerprint density at radius 2 is 1.82 bits per heavy atom. The lowest BCUT2D eigenvalue weighted by Gasteiger charge is -2.31. The maximum atomic E-state index is 13.0. The molecule has 1 saturated heterocycles. The largest absolute Gasteiger partial charge is 0.349 e. The van der Waals surface area contributed by atoms with Crippen molar-refractivity contribution in [2.45, 2.75) is 59.5 Å².